The zero-order valence-electron chi connectivity index (χ0n) is 11.4. The molecule has 19 heavy (non-hydrogen) atoms. The Morgan fingerprint density at radius 3 is 2.84 bits per heavy atom. The molecule has 1 atom stereocenters. The maximum absolute atomic E-state index is 12.6. The maximum atomic E-state index is 12.6. The lowest BCUT2D eigenvalue weighted by molar-refractivity contribution is 0.0425. The molecule has 0 N–H and O–H groups in total. The largest absolute Gasteiger partial charge is 0.370 e. The van der Waals surface area contributed by atoms with Gasteiger partial charge < -0.3 is 4.74 Å². The van der Waals surface area contributed by atoms with Crippen molar-refractivity contribution in [3.8, 4) is 0 Å². The highest BCUT2D eigenvalue weighted by molar-refractivity contribution is 6.09. The van der Waals surface area contributed by atoms with Crippen LogP contribution in [0.3, 0.4) is 0 Å². The summed E-state index contributed by atoms with van der Waals surface area (Å²) in [5, 5.41) is 0.899. The van der Waals surface area contributed by atoms with Crippen LogP contribution in [0.4, 0.5) is 0 Å². The number of nitrogens with zero attached hydrogens (tertiary/aromatic N) is 1. The van der Waals surface area contributed by atoms with Crippen molar-refractivity contribution in [2.75, 3.05) is 6.61 Å². The van der Waals surface area contributed by atoms with Crippen molar-refractivity contribution >= 4 is 16.7 Å². The minimum atomic E-state index is -0.346. The summed E-state index contributed by atoms with van der Waals surface area (Å²) in [6, 6.07) is 9.44. The molecule has 2 aromatic rings. The van der Waals surface area contributed by atoms with Gasteiger partial charge >= 0.3 is 0 Å². The lowest BCUT2D eigenvalue weighted by Gasteiger charge is -2.16. The fourth-order valence-electron chi connectivity index (χ4n) is 2.25. The lowest BCUT2D eigenvalue weighted by Crippen LogP contribution is -2.24. The first-order valence-corrected chi connectivity index (χ1v) is 6.77. The molecule has 1 aromatic heterocycles. The van der Waals surface area contributed by atoms with Crippen LogP contribution >= 0.6 is 0 Å². The molecule has 0 saturated carbocycles. The molecule has 0 saturated heterocycles. The monoisotopic (exact) mass is 257 g/mol. The number of fused-ring (bicyclic) bond motifs is 1. The van der Waals surface area contributed by atoms with Gasteiger partial charge in [-0.25, -0.2) is 0 Å². The molecule has 0 radical (unpaired) electrons. The number of benzene rings is 1. The highest BCUT2D eigenvalue weighted by Crippen LogP contribution is 2.20. The summed E-state index contributed by atoms with van der Waals surface area (Å²) < 4.78 is 5.58. The second kappa shape index (κ2) is 6.43. The van der Waals surface area contributed by atoms with E-state index in [-0.39, 0.29) is 11.9 Å². The third kappa shape index (κ3) is 2.99. The average Bonchev–Trinajstić information content (AvgIpc) is 2.46. The number of ketones is 1. The fraction of sp³-hybridized carbons (Fsp3) is 0.375. The molecule has 100 valence electrons. The standard InChI is InChI=1S/C16H19NO2/c1-3-7-15(19-4-2)16(18)13-8-5-10-14-12(13)9-6-11-17-14/h5-6,8-11,15H,3-4,7H2,1-2H3. The number of carbonyl (C=O) groups is 1. The number of aromatic nitrogens is 1. The van der Waals surface area contributed by atoms with Crippen molar-refractivity contribution in [2.45, 2.75) is 32.8 Å². The zero-order valence-corrected chi connectivity index (χ0v) is 11.4. The Hall–Kier alpha value is -1.74. The van der Waals surface area contributed by atoms with Crippen LogP contribution in [0.15, 0.2) is 36.5 Å². The first-order valence-electron chi connectivity index (χ1n) is 6.77. The molecule has 0 fully saturated rings. The number of Topliss-reactive ketones (excluding diaryl/α,β-unsaturated/α-hetero) is 1. The smallest absolute Gasteiger partial charge is 0.192 e. The quantitative estimate of drug-likeness (QED) is 0.742. The predicted molar refractivity (Wildman–Crippen MR) is 76.4 cm³/mol. The number of pyridine rings is 1. The molecule has 0 spiro atoms. The third-order valence-electron chi connectivity index (χ3n) is 3.12. The van der Waals surface area contributed by atoms with E-state index in [9.17, 15) is 4.79 Å². The summed E-state index contributed by atoms with van der Waals surface area (Å²) in [7, 11) is 0. The second-order valence-electron chi connectivity index (χ2n) is 4.47. The minimum absolute atomic E-state index is 0.0577. The van der Waals surface area contributed by atoms with Gasteiger partial charge in [-0.1, -0.05) is 31.5 Å². The normalized spacial score (nSPS) is 12.5. The van der Waals surface area contributed by atoms with Crippen molar-refractivity contribution in [2.24, 2.45) is 0 Å². The Balaban J connectivity index is 2.39. The SMILES string of the molecule is CCCC(OCC)C(=O)c1cccc2ncccc12. The first kappa shape index (κ1) is 13.7. The molecule has 3 heteroatoms. The summed E-state index contributed by atoms with van der Waals surface area (Å²) in [5.41, 5.74) is 1.55. The van der Waals surface area contributed by atoms with Gasteiger partial charge in [-0.15, -0.1) is 0 Å². The van der Waals surface area contributed by atoms with Crippen LogP contribution in [0.1, 0.15) is 37.0 Å². The maximum Gasteiger partial charge on any atom is 0.192 e. The van der Waals surface area contributed by atoms with E-state index in [0.717, 1.165) is 23.7 Å². The van der Waals surface area contributed by atoms with Crippen LogP contribution in [0, 0.1) is 0 Å². The van der Waals surface area contributed by atoms with E-state index in [1.54, 1.807) is 6.20 Å². The highest BCUT2D eigenvalue weighted by atomic mass is 16.5. The second-order valence-corrected chi connectivity index (χ2v) is 4.47. The van der Waals surface area contributed by atoms with Gasteiger partial charge in [-0.2, -0.15) is 0 Å². The average molecular weight is 257 g/mol. The van der Waals surface area contributed by atoms with Gasteiger partial charge in [0.2, 0.25) is 0 Å². The number of rotatable bonds is 6. The summed E-state index contributed by atoms with van der Waals surface area (Å²) in [6.07, 6.45) is 3.08. The summed E-state index contributed by atoms with van der Waals surface area (Å²) in [5.74, 6) is 0.0577. The van der Waals surface area contributed by atoms with Gasteiger partial charge in [0, 0.05) is 23.8 Å². The number of hydrogen-bond acceptors (Lipinski definition) is 3. The van der Waals surface area contributed by atoms with Gasteiger partial charge in [-0.3, -0.25) is 9.78 Å². The Bertz CT molecular complexity index is 554. The van der Waals surface area contributed by atoms with E-state index in [1.165, 1.54) is 0 Å². The van der Waals surface area contributed by atoms with Gasteiger partial charge in [0.15, 0.2) is 5.78 Å². The van der Waals surface area contributed by atoms with Crippen molar-refractivity contribution in [3.05, 3.63) is 42.1 Å². The molecule has 3 nitrogen and oxygen atoms in total. The Morgan fingerprint density at radius 2 is 2.11 bits per heavy atom. The molecule has 0 aliphatic carbocycles. The van der Waals surface area contributed by atoms with Crippen LogP contribution in [0.5, 0.6) is 0 Å². The van der Waals surface area contributed by atoms with Crippen molar-refractivity contribution < 1.29 is 9.53 Å². The lowest BCUT2D eigenvalue weighted by atomic mass is 9.99. The molecule has 1 aromatic carbocycles. The van der Waals surface area contributed by atoms with Gasteiger partial charge in [-0.05, 0) is 25.5 Å². The van der Waals surface area contributed by atoms with Crippen LogP contribution in [-0.4, -0.2) is 23.5 Å². The Morgan fingerprint density at radius 1 is 1.26 bits per heavy atom. The van der Waals surface area contributed by atoms with Crippen molar-refractivity contribution in [1.29, 1.82) is 0 Å². The molecule has 0 bridgehead atoms. The molecule has 1 unspecified atom stereocenters. The molecule has 1 heterocycles. The topological polar surface area (TPSA) is 39.2 Å². The summed E-state index contributed by atoms with van der Waals surface area (Å²) in [6.45, 7) is 4.53. The molecule has 0 aliphatic rings. The van der Waals surface area contributed by atoms with E-state index in [1.807, 2.05) is 37.3 Å². The van der Waals surface area contributed by atoms with E-state index in [2.05, 4.69) is 11.9 Å². The van der Waals surface area contributed by atoms with Crippen molar-refractivity contribution in [3.63, 3.8) is 0 Å². The van der Waals surface area contributed by atoms with Crippen LogP contribution in [0.25, 0.3) is 10.9 Å². The number of hydrogen-bond donors (Lipinski definition) is 0. The summed E-state index contributed by atoms with van der Waals surface area (Å²) in [4.78, 5) is 16.9. The first-order chi connectivity index (χ1) is 9.27. The van der Waals surface area contributed by atoms with Gasteiger partial charge in [0.1, 0.15) is 6.10 Å². The highest BCUT2D eigenvalue weighted by Gasteiger charge is 2.21. The summed E-state index contributed by atoms with van der Waals surface area (Å²) >= 11 is 0. The Labute approximate surface area is 113 Å². The minimum Gasteiger partial charge on any atom is -0.370 e. The molecule has 2 rings (SSSR count). The number of ether oxygens (including phenoxy) is 1. The fourth-order valence-corrected chi connectivity index (χ4v) is 2.25. The van der Waals surface area contributed by atoms with Crippen molar-refractivity contribution in [1.82, 2.24) is 4.98 Å². The van der Waals surface area contributed by atoms with E-state index in [4.69, 9.17) is 4.74 Å². The van der Waals surface area contributed by atoms with E-state index < -0.39 is 0 Å². The molecule has 0 aliphatic heterocycles. The van der Waals surface area contributed by atoms with Crippen LogP contribution in [0.2, 0.25) is 0 Å². The van der Waals surface area contributed by atoms with E-state index in [0.29, 0.717) is 12.2 Å². The van der Waals surface area contributed by atoms with Gasteiger partial charge in [0.25, 0.3) is 0 Å². The Kier molecular flexibility index (Phi) is 4.63. The van der Waals surface area contributed by atoms with E-state index >= 15 is 0 Å². The number of carbonyl (C=O) groups excluding carboxylic acids is 1. The molecular formula is C16H19NO2. The predicted octanol–water partition coefficient (Wildman–Crippen LogP) is 3.62. The molecular weight excluding hydrogens is 238 g/mol. The zero-order chi connectivity index (χ0) is 13.7. The van der Waals surface area contributed by atoms with Crippen LogP contribution in [-0.2, 0) is 4.74 Å². The third-order valence-corrected chi connectivity index (χ3v) is 3.12. The van der Waals surface area contributed by atoms with Crippen LogP contribution < -0.4 is 0 Å². The van der Waals surface area contributed by atoms with Gasteiger partial charge in [0.05, 0.1) is 5.52 Å². The molecule has 0 amide bonds.